The van der Waals surface area contributed by atoms with Crippen LogP contribution in [-0.2, 0) is 5.88 Å². The van der Waals surface area contributed by atoms with Crippen LogP contribution in [0, 0.1) is 0 Å². The van der Waals surface area contributed by atoms with Crippen molar-refractivity contribution in [1.82, 2.24) is 0 Å². The van der Waals surface area contributed by atoms with Crippen molar-refractivity contribution in [3.05, 3.63) is 33.6 Å². The smallest absolute Gasteiger partial charge is 0.0488 e. The zero-order chi connectivity index (χ0) is 8.55. The Bertz CT molecular complexity index is 408. The Hall–Kier alpha value is -0.0500. The van der Waals surface area contributed by atoms with Gasteiger partial charge in [-0.2, -0.15) is 0 Å². The van der Waals surface area contributed by atoms with Gasteiger partial charge in [-0.25, -0.2) is 0 Å². The predicted octanol–water partition coefficient (Wildman–Crippen LogP) is 4.40. The Labute approximate surface area is 88.3 Å². The van der Waals surface area contributed by atoms with Crippen molar-refractivity contribution in [1.29, 1.82) is 0 Å². The van der Waals surface area contributed by atoms with Crippen LogP contribution in [0.25, 0.3) is 10.1 Å². The summed E-state index contributed by atoms with van der Waals surface area (Å²) in [5.74, 6) is 0.594. The Kier molecular flexibility index (Phi) is 2.40. The van der Waals surface area contributed by atoms with Gasteiger partial charge in [0, 0.05) is 15.1 Å². The Morgan fingerprint density at radius 2 is 2.25 bits per heavy atom. The summed E-state index contributed by atoms with van der Waals surface area (Å²) in [4.78, 5) is 0. The molecule has 1 aromatic heterocycles. The molecular formula is C9H6BrClS. The molecular weight excluding hydrogens is 256 g/mol. The van der Waals surface area contributed by atoms with E-state index in [0.717, 1.165) is 4.47 Å². The van der Waals surface area contributed by atoms with Crippen LogP contribution in [0.2, 0.25) is 0 Å². The highest BCUT2D eigenvalue weighted by Gasteiger charge is 2.04. The van der Waals surface area contributed by atoms with Crippen molar-refractivity contribution < 1.29 is 0 Å². The number of rotatable bonds is 1. The van der Waals surface area contributed by atoms with E-state index in [1.807, 2.05) is 6.07 Å². The van der Waals surface area contributed by atoms with E-state index in [1.54, 1.807) is 11.3 Å². The quantitative estimate of drug-likeness (QED) is 0.667. The van der Waals surface area contributed by atoms with Gasteiger partial charge in [-0.3, -0.25) is 0 Å². The highest BCUT2D eigenvalue weighted by molar-refractivity contribution is 9.10. The summed E-state index contributed by atoms with van der Waals surface area (Å²) >= 11 is 11.0. The second-order valence-electron chi connectivity index (χ2n) is 2.51. The van der Waals surface area contributed by atoms with Crippen molar-refractivity contribution in [2.45, 2.75) is 5.88 Å². The molecule has 62 valence electrons. The largest absolute Gasteiger partial charge is 0.142 e. The molecule has 0 saturated carbocycles. The molecule has 0 amide bonds. The third-order valence-electron chi connectivity index (χ3n) is 1.78. The summed E-state index contributed by atoms with van der Waals surface area (Å²) in [6.07, 6.45) is 0. The molecule has 0 aliphatic heterocycles. The first-order chi connectivity index (χ1) is 5.83. The van der Waals surface area contributed by atoms with E-state index in [9.17, 15) is 0 Å². The maximum atomic E-state index is 5.79. The van der Waals surface area contributed by atoms with Crippen molar-refractivity contribution >= 4 is 49.0 Å². The van der Waals surface area contributed by atoms with Crippen LogP contribution in [0.5, 0.6) is 0 Å². The molecule has 0 nitrogen and oxygen atoms in total. The van der Waals surface area contributed by atoms with E-state index >= 15 is 0 Å². The van der Waals surface area contributed by atoms with Gasteiger partial charge in [-0.1, -0.05) is 12.1 Å². The van der Waals surface area contributed by atoms with E-state index in [0.29, 0.717) is 5.88 Å². The predicted molar refractivity (Wildman–Crippen MR) is 59.1 cm³/mol. The lowest BCUT2D eigenvalue weighted by Crippen LogP contribution is -1.72. The number of halogens is 2. The van der Waals surface area contributed by atoms with Crippen LogP contribution in [0.4, 0.5) is 0 Å². The van der Waals surface area contributed by atoms with Crippen LogP contribution in [0.1, 0.15) is 5.56 Å². The molecule has 0 N–H and O–H groups in total. The van der Waals surface area contributed by atoms with Gasteiger partial charge in [0.1, 0.15) is 0 Å². The van der Waals surface area contributed by atoms with E-state index in [2.05, 4.69) is 33.4 Å². The van der Waals surface area contributed by atoms with E-state index < -0.39 is 0 Å². The SMILES string of the molecule is ClCc1csc2c(Br)cccc12. The van der Waals surface area contributed by atoms with Gasteiger partial charge in [0.05, 0.1) is 0 Å². The average molecular weight is 262 g/mol. The first-order valence-corrected chi connectivity index (χ1v) is 5.74. The second-order valence-corrected chi connectivity index (χ2v) is 4.51. The number of thiophene rings is 1. The maximum Gasteiger partial charge on any atom is 0.0488 e. The summed E-state index contributed by atoms with van der Waals surface area (Å²) in [5.41, 5.74) is 1.22. The highest BCUT2D eigenvalue weighted by Crippen LogP contribution is 2.32. The number of hydrogen-bond donors (Lipinski definition) is 0. The Morgan fingerprint density at radius 3 is 3.00 bits per heavy atom. The normalized spacial score (nSPS) is 10.8. The number of fused-ring (bicyclic) bond motifs is 1. The van der Waals surface area contributed by atoms with E-state index in [4.69, 9.17) is 11.6 Å². The molecule has 0 atom stereocenters. The molecule has 2 rings (SSSR count). The van der Waals surface area contributed by atoms with Gasteiger partial charge < -0.3 is 0 Å². The lowest BCUT2D eigenvalue weighted by Gasteiger charge is -1.93. The minimum atomic E-state index is 0.594. The molecule has 0 spiro atoms. The standard InChI is InChI=1S/C9H6BrClS/c10-8-3-1-2-7-6(4-11)5-12-9(7)8/h1-3,5H,4H2. The molecule has 0 radical (unpaired) electrons. The van der Waals surface area contributed by atoms with Crippen LogP contribution in [0.3, 0.4) is 0 Å². The summed E-state index contributed by atoms with van der Waals surface area (Å²) < 4.78 is 2.44. The third-order valence-corrected chi connectivity index (χ3v) is 4.07. The average Bonchev–Trinajstić information content (AvgIpc) is 2.49. The monoisotopic (exact) mass is 260 g/mol. The fourth-order valence-electron chi connectivity index (χ4n) is 1.18. The third kappa shape index (κ3) is 1.28. The Balaban J connectivity index is 2.80. The summed E-state index contributed by atoms with van der Waals surface area (Å²) in [6, 6.07) is 6.19. The molecule has 12 heavy (non-hydrogen) atoms. The molecule has 1 aromatic carbocycles. The molecule has 0 aliphatic carbocycles. The second kappa shape index (κ2) is 3.36. The van der Waals surface area contributed by atoms with Crippen molar-refractivity contribution in [2.24, 2.45) is 0 Å². The number of benzene rings is 1. The topological polar surface area (TPSA) is 0 Å². The van der Waals surface area contributed by atoms with E-state index in [1.165, 1.54) is 15.6 Å². The van der Waals surface area contributed by atoms with Gasteiger partial charge in [0.15, 0.2) is 0 Å². The van der Waals surface area contributed by atoms with E-state index in [-0.39, 0.29) is 0 Å². The van der Waals surface area contributed by atoms with Crippen LogP contribution in [0.15, 0.2) is 28.1 Å². The maximum absolute atomic E-state index is 5.79. The molecule has 3 heteroatoms. The first-order valence-electron chi connectivity index (χ1n) is 3.53. The molecule has 0 fully saturated rings. The van der Waals surface area contributed by atoms with Crippen molar-refractivity contribution in [3.63, 3.8) is 0 Å². The zero-order valence-electron chi connectivity index (χ0n) is 6.18. The molecule has 1 heterocycles. The summed E-state index contributed by atoms with van der Waals surface area (Å²) in [7, 11) is 0. The number of hydrogen-bond acceptors (Lipinski definition) is 1. The summed E-state index contributed by atoms with van der Waals surface area (Å²) in [6.45, 7) is 0. The fraction of sp³-hybridized carbons (Fsp3) is 0.111. The molecule has 0 bridgehead atoms. The molecule has 2 aromatic rings. The first kappa shape index (κ1) is 8.54. The van der Waals surface area contributed by atoms with Crippen LogP contribution < -0.4 is 0 Å². The van der Waals surface area contributed by atoms with Crippen molar-refractivity contribution in [2.75, 3.05) is 0 Å². The molecule has 0 unspecified atom stereocenters. The van der Waals surface area contributed by atoms with Crippen LogP contribution in [-0.4, -0.2) is 0 Å². The minimum absolute atomic E-state index is 0.594. The molecule has 0 saturated heterocycles. The summed E-state index contributed by atoms with van der Waals surface area (Å²) in [5, 5.41) is 3.38. The van der Waals surface area contributed by atoms with Gasteiger partial charge in [-0.05, 0) is 38.3 Å². The molecule has 0 aliphatic rings. The van der Waals surface area contributed by atoms with Gasteiger partial charge in [-0.15, -0.1) is 22.9 Å². The van der Waals surface area contributed by atoms with Gasteiger partial charge in [0.2, 0.25) is 0 Å². The lowest BCUT2D eigenvalue weighted by atomic mass is 10.2. The van der Waals surface area contributed by atoms with Gasteiger partial charge >= 0.3 is 0 Å². The lowest BCUT2D eigenvalue weighted by molar-refractivity contribution is 1.50. The van der Waals surface area contributed by atoms with Crippen molar-refractivity contribution in [3.8, 4) is 0 Å². The highest BCUT2D eigenvalue weighted by atomic mass is 79.9. The fourth-order valence-corrected chi connectivity index (χ4v) is 3.11. The Morgan fingerprint density at radius 1 is 1.42 bits per heavy atom. The minimum Gasteiger partial charge on any atom is -0.142 e. The number of alkyl halides is 1. The van der Waals surface area contributed by atoms with Crippen LogP contribution >= 0.6 is 38.9 Å². The zero-order valence-corrected chi connectivity index (χ0v) is 9.34. The van der Waals surface area contributed by atoms with Gasteiger partial charge in [0.25, 0.3) is 0 Å².